The molecule has 1 aromatic carbocycles. The molecule has 5 nitrogen and oxygen atoms in total. The van der Waals surface area contributed by atoms with Gasteiger partial charge < -0.3 is 15.0 Å². The molecule has 1 aliphatic heterocycles. The van der Waals surface area contributed by atoms with Crippen molar-refractivity contribution in [3.63, 3.8) is 0 Å². The second-order valence-corrected chi connectivity index (χ2v) is 6.71. The van der Waals surface area contributed by atoms with Crippen molar-refractivity contribution in [3.8, 4) is 5.75 Å². The lowest BCUT2D eigenvalue weighted by molar-refractivity contribution is 0.0790. The summed E-state index contributed by atoms with van der Waals surface area (Å²) in [6, 6.07) is 4.47. The van der Waals surface area contributed by atoms with Gasteiger partial charge in [0.1, 0.15) is 0 Å². The summed E-state index contributed by atoms with van der Waals surface area (Å²) in [7, 11) is 3.52. The van der Waals surface area contributed by atoms with Crippen LogP contribution in [0.1, 0.15) is 24.2 Å². The molecule has 1 N–H and O–H groups in total. The molecule has 24 heavy (non-hydrogen) atoms. The Morgan fingerprint density at radius 3 is 2.54 bits per heavy atom. The number of methoxy groups -OCH3 is 1. The summed E-state index contributed by atoms with van der Waals surface area (Å²) < 4.78 is 18.4. The maximum Gasteiger partial charge on any atom is 0.251 e. The van der Waals surface area contributed by atoms with Crippen LogP contribution in [0.3, 0.4) is 0 Å². The van der Waals surface area contributed by atoms with Crippen LogP contribution in [0.4, 0.5) is 4.39 Å². The number of halogens is 1. The van der Waals surface area contributed by atoms with Gasteiger partial charge in [0, 0.05) is 44.3 Å². The number of nitrogens with one attached hydrogen (secondary N) is 1. The van der Waals surface area contributed by atoms with Crippen LogP contribution in [0.2, 0.25) is 0 Å². The van der Waals surface area contributed by atoms with Crippen molar-refractivity contribution in [2.24, 2.45) is 5.92 Å². The van der Waals surface area contributed by atoms with Crippen molar-refractivity contribution in [2.75, 3.05) is 46.9 Å². The minimum absolute atomic E-state index is 0.0853. The Labute approximate surface area is 143 Å². The zero-order chi connectivity index (χ0) is 17.7. The highest BCUT2D eigenvalue weighted by atomic mass is 19.1. The van der Waals surface area contributed by atoms with Crippen molar-refractivity contribution in [1.82, 2.24) is 15.1 Å². The zero-order valence-corrected chi connectivity index (χ0v) is 15.0. The van der Waals surface area contributed by atoms with Gasteiger partial charge >= 0.3 is 0 Å². The number of hydrogen-bond donors (Lipinski definition) is 1. The van der Waals surface area contributed by atoms with Gasteiger partial charge in [-0.3, -0.25) is 9.69 Å². The van der Waals surface area contributed by atoms with Gasteiger partial charge in [-0.1, -0.05) is 13.8 Å². The quantitative estimate of drug-likeness (QED) is 0.860. The van der Waals surface area contributed by atoms with E-state index >= 15 is 0 Å². The number of carbonyl (C=O) groups excluding carboxylic acids is 1. The lowest BCUT2D eigenvalue weighted by Gasteiger charge is -2.39. The molecule has 0 aliphatic carbocycles. The number of carbonyl (C=O) groups is 1. The van der Waals surface area contributed by atoms with Crippen LogP contribution in [-0.4, -0.2) is 68.6 Å². The predicted octanol–water partition coefficient (Wildman–Crippen LogP) is 1.84. The summed E-state index contributed by atoms with van der Waals surface area (Å²) in [5.41, 5.74) is 0.411. The Morgan fingerprint density at radius 1 is 1.29 bits per heavy atom. The highest BCUT2D eigenvalue weighted by Crippen LogP contribution is 2.18. The summed E-state index contributed by atoms with van der Waals surface area (Å²) in [4.78, 5) is 17.1. The lowest BCUT2D eigenvalue weighted by Crippen LogP contribution is -2.54. The van der Waals surface area contributed by atoms with Crippen LogP contribution in [0.15, 0.2) is 18.2 Å². The van der Waals surface area contributed by atoms with E-state index in [-0.39, 0.29) is 11.7 Å². The molecule has 134 valence electrons. The third-order valence-corrected chi connectivity index (χ3v) is 4.66. The molecule has 1 atom stereocenters. The van der Waals surface area contributed by atoms with Crippen molar-refractivity contribution in [3.05, 3.63) is 29.6 Å². The molecular weight excluding hydrogens is 309 g/mol. The van der Waals surface area contributed by atoms with E-state index in [0.717, 1.165) is 26.2 Å². The zero-order valence-electron chi connectivity index (χ0n) is 15.0. The van der Waals surface area contributed by atoms with E-state index in [1.807, 2.05) is 0 Å². The van der Waals surface area contributed by atoms with E-state index in [2.05, 4.69) is 36.0 Å². The summed E-state index contributed by atoms with van der Waals surface area (Å²) >= 11 is 0. The third-order valence-electron chi connectivity index (χ3n) is 4.66. The van der Waals surface area contributed by atoms with Gasteiger partial charge in [-0.05, 0) is 31.2 Å². The number of benzene rings is 1. The van der Waals surface area contributed by atoms with Gasteiger partial charge in [-0.25, -0.2) is 4.39 Å². The molecule has 1 heterocycles. The topological polar surface area (TPSA) is 44.8 Å². The van der Waals surface area contributed by atoms with Gasteiger partial charge in [0.2, 0.25) is 0 Å². The number of rotatable bonds is 6. The molecule has 0 radical (unpaired) electrons. The smallest absolute Gasteiger partial charge is 0.251 e. The Balaban J connectivity index is 1.97. The Hall–Kier alpha value is -1.66. The summed E-state index contributed by atoms with van der Waals surface area (Å²) in [6.07, 6.45) is 0. The molecule has 1 saturated heterocycles. The Bertz CT molecular complexity index is 557. The van der Waals surface area contributed by atoms with E-state index in [1.54, 1.807) is 0 Å². The Kier molecular flexibility index (Phi) is 6.57. The molecule has 1 aromatic rings. The predicted molar refractivity (Wildman–Crippen MR) is 93.0 cm³/mol. The fourth-order valence-electron chi connectivity index (χ4n) is 3.04. The molecule has 0 saturated carbocycles. The van der Waals surface area contributed by atoms with Gasteiger partial charge in [0.15, 0.2) is 11.6 Å². The first-order valence-corrected chi connectivity index (χ1v) is 8.46. The first-order valence-electron chi connectivity index (χ1n) is 8.46. The van der Waals surface area contributed by atoms with E-state index in [1.165, 1.54) is 25.3 Å². The van der Waals surface area contributed by atoms with Crippen LogP contribution in [0.5, 0.6) is 5.75 Å². The molecule has 0 unspecified atom stereocenters. The van der Waals surface area contributed by atoms with E-state index in [0.29, 0.717) is 24.1 Å². The average molecular weight is 337 g/mol. The molecular formula is C18H28FN3O2. The van der Waals surface area contributed by atoms with Crippen LogP contribution in [-0.2, 0) is 0 Å². The molecule has 1 amide bonds. The first-order chi connectivity index (χ1) is 11.4. The number of amides is 1. The van der Waals surface area contributed by atoms with Crippen LogP contribution in [0.25, 0.3) is 0 Å². The number of hydrogen-bond acceptors (Lipinski definition) is 4. The summed E-state index contributed by atoms with van der Waals surface area (Å²) in [5, 5.41) is 2.99. The van der Waals surface area contributed by atoms with Crippen molar-refractivity contribution in [2.45, 2.75) is 19.9 Å². The minimum Gasteiger partial charge on any atom is -0.494 e. The van der Waals surface area contributed by atoms with Crippen molar-refractivity contribution < 1.29 is 13.9 Å². The van der Waals surface area contributed by atoms with Crippen LogP contribution < -0.4 is 10.1 Å². The average Bonchev–Trinajstić information content (AvgIpc) is 2.56. The maximum atomic E-state index is 13.5. The largest absolute Gasteiger partial charge is 0.494 e. The lowest BCUT2D eigenvalue weighted by atomic mass is 10.0. The molecule has 1 fully saturated rings. The summed E-state index contributed by atoms with van der Waals surface area (Å²) in [5.74, 6) is -0.141. The van der Waals surface area contributed by atoms with Gasteiger partial charge in [-0.2, -0.15) is 0 Å². The highest BCUT2D eigenvalue weighted by molar-refractivity contribution is 5.94. The second kappa shape index (κ2) is 8.44. The monoisotopic (exact) mass is 337 g/mol. The van der Waals surface area contributed by atoms with E-state index in [4.69, 9.17) is 4.74 Å². The van der Waals surface area contributed by atoms with Gasteiger partial charge in [0.25, 0.3) is 5.91 Å². The molecule has 6 heteroatoms. The minimum atomic E-state index is -0.466. The first kappa shape index (κ1) is 18.7. The maximum absolute atomic E-state index is 13.5. The van der Waals surface area contributed by atoms with Gasteiger partial charge in [-0.15, -0.1) is 0 Å². The van der Waals surface area contributed by atoms with Crippen molar-refractivity contribution in [1.29, 1.82) is 0 Å². The fraction of sp³-hybridized carbons (Fsp3) is 0.611. The molecule has 2 rings (SSSR count). The normalized spacial score (nSPS) is 17.8. The standard InChI is InChI=1S/C18H28FN3O2/c1-13(2)16(22-9-7-21(3)8-10-22)12-20-18(23)14-5-6-15(19)17(11-14)24-4/h5-6,11,13,16H,7-10,12H2,1-4H3,(H,20,23)/t16-/m1/s1. The molecule has 0 spiro atoms. The number of ether oxygens (including phenoxy) is 1. The molecule has 0 aromatic heterocycles. The second-order valence-electron chi connectivity index (χ2n) is 6.71. The van der Waals surface area contributed by atoms with Gasteiger partial charge in [0.05, 0.1) is 7.11 Å². The number of likely N-dealkylation sites (N-methyl/N-ethyl adjacent to an activating group) is 1. The van der Waals surface area contributed by atoms with E-state index in [9.17, 15) is 9.18 Å². The third kappa shape index (κ3) is 4.68. The van der Waals surface area contributed by atoms with Crippen LogP contribution >= 0.6 is 0 Å². The number of piperazine rings is 1. The number of nitrogens with zero attached hydrogens (tertiary/aromatic N) is 2. The summed E-state index contributed by atoms with van der Waals surface area (Å²) in [6.45, 7) is 9.06. The van der Waals surface area contributed by atoms with Crippen molar-refractivity contribution >= 4 is 5.91 Å². The molecule has 1 aliphatic rings. The SMILES string of the molecule is COc1cc(C(=O)NC[C@H](C(C)C)N2CCN(C)CC2)ccc1F. The Morgan fingerprint density at radius 2 is 1.96 bits per heavy atom. The fourth-order valence-corrected chi connectivity index (χ4v) is 3.04. The van der Waals surface area contributed by atoms with E-state index < -0.39 is 5.82 Å². The highest BCUT2D eigenvalue weighted by Gasteiger charge is 2.25. The van der Waals surface area contributed by atoms with Crippen LogP contribution in [0, 0.1) is 11.7 Å². The molecule has 0 bridgehead atoms.